The predicted molar refractivity (Wildman–Crippen MR) is 629 cm³/mol. The molecule has 0 aliphatic heterocycles. The van der Waals surface area contributed by atoms with Crippen LogP contribution in [0.25, 0.3) is 252 Å². The molecule has 150 heavy (non-hydrogen) atoms. The Morgan fingerprint density at radius 3 is 0.993 bits per heavy atom. The molecule has 10 aliphatic rings. The number of hydrogen-bond acceptors (Lipinski definition) is 0. The van der Waals surface area contributed by atoms with Gasteiger partial charge in [-0.05, 0) is 387 Å². The lowest BCUT2D eigenvalue weighted by atomic mass is 9.43. The van der Waals surface area contributed by atoms with Gasteiger partial charge in [-0.3, -0.25) is 0 Å². The molecule has 23 aromatic carbocycles. The molecule has 8 saturated carbocycles. The standard InChI is InChI=1S/C76H54N2.C70H50N2/c1-2-13-49-39-53(25-24-48(49)12-1)50-16-11-17-59(40-50)77-71-22-9-6-19-63(71)65-30-26-54(44-74(65)77)55-27-31-66-64-20-7-10-23-72(64)78(75(66)45-55)73-33-32-60(67-41-51-14-3-4-15-52(51)42-68(67)73)56-28-29-62-61-18-5-8-21-69(61)76(70(62)43-56)57-35-46-34-47(37-57)38-58(76)36-46;1-2-12-54-44(10-1)11-9-19-65(54)72-67-18-8-5-15-58(67)60-31-27-50(40-69(60)72)49-26-30-59-57-14-4-7-17-66(57)71(68(59)39-49)53-28-24-46-21-20-45-22-23-47(37-61(45)62(46)41-53)48-25-29-56-55-13-3-6-16-63(55)70(64(56)38-48)51-33-42-32-43(35-51)36-52(70)34-42/h1-33,39-47,57-58H,34-38H2;1-31,37-43,51-52H,32-36H2. The summed E-state index contributed by atoms with van der Waals surface area (Å²) in [7, 11) is 0. The molecule has 708 valence electrons. The second-order valence-electron chi connectivity index (χ2n) is 45.7. The smallest absolute Gasteiger partial charge is 0.0547 e. The van der Waals surface area contributed by atoms with Gasteiger partial charge >= 0.3 is 0 Å². The van der Waals surface area contributed by atoms with Crippen molar-refractivity contribution in [3.63, 3.8) is 0 Å². The Hall–Kier alpha value is -17.2. The maximum atomic E-state index is 2.67. The van der Waals surface area contributed by atoms with E-state index in [1.165, 1.54) is 311 Å². The highest BCUT2D eigenvalue weighted by Gasteiger charge is 2.63. The molecule has 4 aromatic heterocycles. The van der Waals surface area contributed by atoms with Crippen LogP contribution in [-0.2, 0) is 10.8 Å². The van der Waals surface area contributed by atoms with Crippen molar-refractivity contribution in [2.45, 2.75) is 75.0 Å². The number of hydrogen-bond donors (Lipinski definition) is 0. The lowest BCUT2D eigenvalue weighted by Crippen LogP contribution is -2.55. The molecule has 4 heterocycles. The Balaban J connectivity index is 0.000000128. The van der Waals surface area contributed by atoms with Crippen LogP contribution in [0.1, 0.15) is 86.5 Å². The second kappa shape index (κ2) is 31.7. The molecule has 8 fully saturated rings. The van der Waals surface area contributed by atoms with Crippen LogP contribution < -0.4 is 0 Å². The van der Waals surface area contributed by atoms with E-state index in [4.69, 9.17) is 0 Å². The largest absolute Gasteiger partial charge is 0.309 e. The zero-order valence-corrected chi connectivity index (χ0v) is 83.4. The summed E-state index contributed by atoms with van der Waals surface area (Å²) >= 11 is 0. The van der Waals surface area contributed by atoms with Crippen molar-refractivity contribution in [1.82, 2.24) is 18.3 Å². The topological polar surface area (TPSA) is 19.7 Å². The first kappa shape index (κ1) is 83.9. The lowest BCUT2D eigenvalue weighted by molar-refractivity contribution is -0.0399. The Kier molecular flexibility index (Phi) is 17.7. The van der Waals surface area contributed by atoms with E-state index in [0.717, 1.165) is 53.0 Å². The van der Waals surface area contributed by atoms with Gasteiger partial charge in [0, 0.05) is 76.1 Å². The van der Waals surface area contributed by atoms with Gasteiger partial charge in [-0.25, -0.2) is 0 Å². The molecule has 10 aliphatic carbocycles. The normalized spacial score (nSPS) is 20.5. The molecule has 2 spiro atoms. The molecule has 4 nitrogen and oxygen atoms in total. The van der Waals surface area contributed by atoms with Crippen molar-refractivity contribution in [2.75, 3.05) is 0 Å². The molecule has 27 aromatic rings. The lowest BCUT2D eigenvalue weighted by Gasteiger charge is -2.61. The van der Waals surface area contributed by atoms with E-state index in [-0.39, 0.29) is 10.8 Å². The first-order chi connectivity index (χ1) is 74.2. The third-order valence-corrected chi connectivity index (χ3v) is 38.5. The molecule has 0 saturated heterocycles. The summed E-state index contributed by atoms with van der Waals surface area (Å²) in [5.74, 6) is 6.62. The average molecular weight is 1910 g/mol. The van der Waals surface area contributed by atoms with Crippen molar-refractivity contribution < 1.29 is 0 Å². The fourth-order valence-electron chi connectivity index (χ4n) is 32.7. The number of nitrogens with zero attached hydrogens (tertiary/aromatic N) is 4. The molecule has 0 radical (unpaired) electrons. The van der Waals surface area contributed by atoms with Gasteiger partial charge in [0.15, 0.2) is 0 Å². The van der Waals surface area contributed by atoms with Crippen LogP contribution in [0.4, 0.5) is 0 Å². The van der Waals surface area contributed by atoms with Crippen LogP contribution >= 0.6 is 0 Å². The molecular formula is C146H104N4. The van der Waals surface area contributed by atoms with Gasteiger partial charge in [-0.2, -0.15) is 0 Å². The molecular weight excluding hydrogens is 1810 g/mol. The fourth-order valence-corrected chi connectivity index (χ4v) is 32.7. The molecule has 37 rings (SSSR count). The minimum atomic E-state index is 0.114. The Morgan fingerprint density at radius 2 is 0.467 bits per heavy atom. The van der Waals surface area contributed by atoms with Gasteiger partial charge in [0.25, 0.3) is 0 Å². The van der Waals surface area contributed by atoms with Gasteiger partial charge in [0.1, 0.15) is 0 Å². The number of para-hydroxylation sites is 4. The summed E-state index contributed by atoms with van der Waals surface area (Å²) in [5, 5.41) is 25.3. The van der Waals surface area contributed by atoms with Gasteiger partial charge in [-0.15, -0.1) is 0 Å². The second-order valence-corrected chi connectivity index (χ2v) is 45.7. The molecule has 8 bridgehead atoms. The van der Waals surface area contributed by atoms with Crippen molar-refractivity contribution in [2.24, 2.45) is 47.3 Å². The van der Waals surface area contributed by atoms with E-state index in [2.05, 4.69) is 479 Å². The summed E-state index contributed by atoms with van der Waals surface area (Å²) in [6.07, 6.45) is 14.1. The SMILES string of the molecule is c1cc(-c2ccc3ccccc3c2)cc(-n2c3ccccc3c3ccc(-c4ccc5c6ccccc6n(-c6ccc(-c7ccc8c(c7)C7(c9ccccc9-8)C8CC9CC(C8)CC7C9)c7cc8ccccc8cc67)c5c4)cc32)c1.c1ccc2c(c1)-c1ccc(-c3ccc4ccc5ccc(-n6c7ccccc7c7ccc(-c8ccc9c%10ccccc%10n(-c%10cccc%11ccccc%10%11)c9c8)cc76)cc5c4c3)cc1C21C2CC3CC(C2)CC1C3. The maximum Gasteiger partial charge on any atom is 0.0547 e. The third kappa shape index (κ3) is 12.0. The van der Waals surface area contributed by atoms with Gasteiger partial charge in [0.05, 0.1) is 55.5 Å². The molecule has 4 heteroatoms. The number of benzene rings is 23. The number of fused-ring (bicyclic) bond motifs is 25. The van der Waals surface area contributed by atoms with Crippen molar-refractivity contribution in [3.05, 3.63) is 483 Å². The number of aromatic nitrogens is 4. The van der Waals surface area contributed by atoms with Crippen LogP contribution in [0.5, 0.6) is 0 Å². The highest BCUT2D eigenvalue weighted by molar-refractivity contribution is 6.19. The van der Waals surface area contributed by atoms with Gasteiger partial charge < -0.3 is 18.3 Å². The maximum absolute atomic E-state index is 2.67. The van der Waals surface area contributed by atoms with E-state index in [1.54, 1.807) is 22.3 Å². The predicted octanol–water partition coefficient (Wildman–Crippen LogP) is 38.5. The zero-order valence-electron chi connectivity index (χ0n) is 83.4. The summed E-state index contributed by atoms with van der Waals surface area (Å²) in [4.78, 5) is 0. The zero-order chi connectivity index (χ0) is 97.6. The first-order valence-electron chi connectivity index (χ1n) is 54.9. The van der Waals surface area contributed by atoms with E-state index in [0.29, 0.717) is 0 Å². The Morgan fingerprint density at radius 1 is 0.147 bits per heavy atom. The van der Waals surface area contributed by atoms with Gasteiger partial charge in [0.2, 0.25) is 0 Å². The minimum absolute atomic E-state index is 0.114. The Labute approximate surface area is 870 Å². The highest BCUT2D eigenvalue weighted by atomic mass is 15.0. The van der Waals surface area contributed by atoms with Crippen LogP contribution in [0.3, 0.4) is 0 Å². The fraction of sp³-hybridized carbons (Fsp3) is 0.137. The van der Waals surface area contributed by atoms with Crippen LogP contribution in [0, 0.1) is 47.3 Å². The summed E-state index contributed by atoms with van der Waals surface area (Å²) in [5.41, 5.74) is 39.6. The van der Waals surface area contributed by atoms with Crippen molar-refractivity contribution in [1.29, 1.82) is 0 Å². The molecule has 0 N–H and O–H groups in total. The molecule has 0 unspecified atom stereocenters. The summed E-state index contributed by atoms with van der Waals surface area (Å²) in [6.45, 7) is 0. The average Bonchev–Trinajstić information content (AvgIpc) is 1.50. The van der Waals surface area contributed by atoms with E-state index in [9.17, 15) is 0 Å². The van der Waals surface area contributed by atoms with E-state index in [1.807, 2.05) is 0 Å². The third-order valence-electron chi connectivity index (χ3n) is 38.5. The van der Waals surface area contributed by atoms with E-state index < -0.39 is 0 Å². The summed E-state index contributed by atoms with van der Waals surface area (Å²) in [6, 6.07) is 176. The highest BCUT2D eigenvalue weighted by Crippen LogP contribution is 2.72. The van der Waals surface area contributed by atoms with E-state index >= 15 is 0 Å². The molecule has 0 atom stereocenters. The number of rotatable bonds is 9. The van der Waals surface area contributed by atoms with Crippen LogP contribution in [0.15, 0.2) is 461 Å². The quantitative estimate of drug-likeness (QED) is 0.101. The van der Waals surface area contributed by atoms with Crippen molar-refractivity contribution in [3.8, 4) is 101 Å². The monoisotopic (exact) mass is 1910 g/mol. The van der Waals surface area contributed by atoms with Crippen LogP contribution in [0.2, 0.25) is 0 Å². The first-order valence-corrected chi connectivity index (χ1v) is 54.9. The minimum Gasteiger partial charge on any atom is -0.309 e. The summed E-state index contributed by atoms with van der Waals surface area (Å²) < 4.78 is 10.0. The van der Waals surface area contributed by atoms with Crippen LogP contribution in [-0.4, -0.2) is 18.3 Å². The van der Waals surface area contributed by atoms with Gasteiger partial charge in [-0.1, -0.05) is 340 Å². The molecule has 0 amide bonds. The van der Waals surface area contributed by atoms with Crippen molar-refractivity contribution >= 4 is 152 Å². The Bertz CT molecular complexity index is 10500.